The molecule has 7 unspecified atom stereocenters. The van der Waals surface area contributed by atoms with Crippen LogP contribution in [0.15, 0.2) is 190 Å². The lowest BCUT2D eigenvalue weighted by Gasteiger charge is -2.59. The standard InChI is InChI=1S/C30H31FN10.C30H32N10O.C30H32N10/c1-19-7-24(9-25-8-20(2)37-38-25)36-30(35-19)23-4-6-28(33-14-23)39-17-26-10-27(18-39)40(26)15-21-3-5-29(32-12-21)41-16-22(11-31)13-34-41;1-19-7-24(9-25-8-20(2)36-37-25)35-30(34-19)23-4-6-28(32-13-23)38-16-26-10-27(17-38)39(26)14-21-3-5-29(31-11-21)40-15-22(18-41)12-33-40;1-19-11-24(13-25-12-20(2)36-37-25)35-30(34-19)23-6-7-28(31-16-23)38-17-26-14-27(18-38)40(26)21(3)22-5-8-29(32-15-22)39-10-4-9-33-39/h3-8,12-14,16,26-27H,9-11,15,17-18H2,1-2H3,(H,37,38);3-8,11-13,15,26-27,41H,9-10,14,16-18H2,1-2H3,(H,36,37);4-12,15-16,21,26-27H,13-14,17-18H2,1-3H3,(H,36,37). The molecule has 0 saturated carbocycles. The van der Waals surface area contributed by atoms with Crippen molar-refractivity contribution in [2.45, 2.75) is 156 Å². The third kappa shape index (κ3) is 17.2. The summed E-state index contributed by atoms with van der Waals surface area (Å²) in [5.74, 6) is 7.36. The number of hydrogen-bond acceptors (Lipinski definition) is 25. The average Bonchev–Trinajstić information content (AvgIpc) is 0.808. The van der Waals surface area contributed by atoms with Gasteiger partial charge in [0, 0.05) is 238 Å². The Morgan fingerprint density at radius 1 is 0.393 bits per heavy atom. The fourth-order valence-electron chi connectivity index (χ4n) is 17.8. The van der Waals surface area contributed by atoms with Gasteiger partial charge in [-0.2, -0.15) is 30.6 Å². The number of nitrogens with one attached hydrogen (secondary N) is 3. The highest BCUT2D eigenvalue weighted by Crippen LogP contribution is 2.42. The molecular weight excluding hydrogens is 1540 g/mol. The van der Waals surface area contributed by atoms with Gasteiger partial charge in [0.15, 0.2) is 34.9 Å². The summed E-state index contributed by atoms with van der Waals surface area (Å²) in [6, 6.07) is 42.3. The molecule has 32 heteroatoms. The maximum atomic E-state index is 12.8. The molecule has 618 valence electrons. The number of hydrogen-bond donors (Lipinski definition) is 4. The van der Waals surface area contributed by atoms with Crippen molar-refractivity contribution in [1.29, 1.82) is 0 Å². The number of aryl methyl sites for hydroxylation is 6. The van der Waals surface area contributed by atoms with Crippen LogP contribution in [0.1, 0.15) is 128 Å². The highest BCUT2D eigenvalue weighted by Gasteiger charge is 2.48. The molecule has 9 fully saturated rings. The van der Waals surface area contributed by atoms with Gasteiger partial charge in [-0.1, -0.05) is 18.2 Å². The molecule has 0 aliphatic carbocycles. The van der Waals surface area contributed by atoms with E-state index in [0.29, 0.717) is 90.4 Å². The number of anilines is 3. The minimum Gasteiger partial charge on any atom is -0.392 e. The molecule has 9 saturated heterocycles. The van der Waals surface area contributed by atoms with Crippen LogP contribution >= 0.6 is 0 Å². The Bertz CT molecular complexity index is 5820. The van der Waals surface area contributed by atoms with Crippen molar-refractivity contribution >= 4 is 17.5 Å². The molecule has 4 N–H and O–H groups in total. The zero-order valence-corrected chi connectivity index (χ0v) is 69.2. The zero-order chi connectivity index (χ0) is 83.1. The van der Waals surface area contributed by atoms with Crippen molar-refractivity contribution in [1.82, 2.24) is 134 Å². The van der Waals surface area contributed by atoms with Crippen LogP contribution in [0.3, 0.4) is 0 Å². The number of aromatic amines is 3. The predicted molar refractivity (Wildman–Crippen MR) is 458 cm³/mol. The molecule has 15 aromatic rings. The van der Waals surface area contributed by atoms with E-state index >= 15 is 0 Å². The molecular formula is C90H95FN30O. The summed E-state index contributed by atoms with van der Waals surface area (Å²) in [5, 5.41) is 44.0. The van der Waals surface area contributed by atoms with Crippen LogP contribution in [0.25, 0.3) is 51.6 Å². The van der Waals surface area contributed by atoms with Gasteiger partial charge in [-0.3, -0.25) is 30.0 Å². The van der Waals surface area contributed by atoms with Crippen LogP contribution in [-0.4, -0.2) is 215 Å². The Morgan fingerprint density at radius 2 is 0.779 bits per heavy atom. The number of piperidine rings is 3. The molecule has 15 aromatic heterocycles. The second kappa shape index (κ2) is 34.0. The number of piperazine rings is 3. The summed E-state index contributed by atoms with van der Waals surface area (Å²) < 4.78 is 17.9. The van der Waals surface area contributed by atoms with E-state index in [1.165, 1.54) is 36.6 Å². The lowest BCUT2D eigenvalue weighted by atomic mass is 9.84. The molecule has 0 aromatic carbocycles. The lowest BCUT2D eigenvalue weighted by molar-refractivity contribution is -0.0344. The monoisotopic (exact) mass is 1630 g/mol. The molecule has 7 atom stereocenters. The van der Waals surface area contributed by atoms with E-state index in [-0.39, 0.29) is 6.61 Å². The minimum absolute atomic E-state index is 0.0263. The first kappa shape index (κ1) is 78.4. The van der Waals surface area contributed by atoms with E-state index < -0.39 is 6.67 Å². The molecule has 9 aliphatic heterocycles. The number of rotatable bonds is 23. The van der Waals surface area contributed by atoms with E-state index in [1.54, 1.807) is 38.8 Å². The van der Waals surface area contributed by atoms with Gasteiger partial charge in [0.05, 0.1) is 53.2 Å². The first-order valence-electron chi connectivity index (χ1n) is 41.6. The average molecular weight is 1630 g/mol. The van der Waals surface area contributed by atoms with Crippen LogP contribution < -0.4 is 14.7 Å². The summed E-state index contributed by atoms with van der Waals surface area (Å²) in [6.07, 6.45) is 27.5. The number of aliphatic hydroxyl groups excluding tert-OH is 1. The zero-order valence-electron chi connectivity index (χ0n) is 69.2. The van der Waals surface area contributed by atoms with E-state index in [1.807, 2.05) is 146 Å². The molecule has 31 nitrogen and oxygen atoms in total. The Hall–Kier alpha value is -13.4. The molecule has 24 rings (SSSR count). The van der Waals surface area contributed by atoms with Crippen molar-refractivity contribution in [3.05, 3.63) is 286 Å². The Kier molecular flexibility index (Phi) is 21.9. The maximum Gasteiger partial charge on any atom is 0.161 e. The Balaban J connectivity index is 0.000000121. The summed E-state index contributed by atoms with van der Waals surface area (Å²) >= 11 is 0. The fourth-order valence-corrected chi connectivity index (χ4v) is 17.8. The topological polar surface area (TPSA) is 334 Å². The predicted octanol–water partition coefficient (Wildman–Crippen LogP) is 11.1. The van der Waals surface area contributed by atoms with E-state index in [9.17, 15) is 9.50 Å². The number of fused-ring (bicyclic) bond motifs is 6. The molecule has 122 heavy (non-hydrogen) atoms. The van der Waals surface area contributed by atoms with Gasteiger partial charge >= 0.3 is 0 Å². The third-order valence-electron chi connectivity index (χ3n) is 23.9. The van der Waals surface area contributed by atoms with Crippen molar-refractivity contribution < 1.29 is 9.50 Å². The number of aromatic nitrogens is 24. The summed E-state index contributed by atoms with van der Waals surface area (Å²) in [6.45, 7) is 21.2. The normalized spacial score (nSPS) is 18.8. The molecule has 6 bridgehead atoms. The number of H-pyrrole nitrogens is 3. The largest absolute Gasteiger partial charge is 0.392 e. The van der Waals surface area contributed by atoms with Crippen LogP contribution in [0.2, 0.25) is 0 Å². The molecule has 9 aliphatic rings. The highest BCUT2D eigenvalue weighted by molar-refractivity contribution is 5.60. The molecule has 0 spiro atoms. The summed E-state index contributed by atoms with van der Waals surface area (Å²) in [4.78, 5) is 71.6. The quantitative estimate of drug-likeness (QED) is 0.0462. The summed E-state index contributed by atoms with van der Waals surface area (Å²) in [5.41, 5.74) is 19.3. The fraction of sp³-hybridized carbons (Fsp3) is 0.333. The van der Waals surface area contributed by atoms with Gasteiger partial charge in [-0.25, -0.2) is 78.2 Å². The van der Waals surface area contributed by atoms with Crippen molar-refractivity contribution in [3.8, 4) is 51.6 Å². The Labute approximate surface area is 704 Å². The minimum atomic E-state index is -0.526. The van der Waals surface area contributed by atoms with Gasteiger partial charge in [0.1, 0.15) is 24.1 Å². The van der Waals surface area contributed by atoms with Gasteiger partial charge in [-0.15, -0.1) is 0 Å². The number of aliphatic hydroxyl groups is 1. The SMILES string of the molecule is Cc1cc(Cc2cc(C)[nH]n2)nc(-c2ccc(N3CC4CC(C3)N4C(C)c3ccc(-n4cccn4)nc3)nc2)n1.Cc1cc(Cc2cc(C)[nH]n2)nc(-c2ccc(N3CC4CC(C3)N4Cc3ccc(-n4cc(CF)cn4)nc3)nc2)n1.Cc1cc(Cc2cc(C)[nH]n2)nc(-c2ccc(N3CC4CC(C3)N4Cc3ccc(-n4cc(CO)cn4)nc3)nc2)n1. The highest BCUT2D eigenvalue weighted by atomic mass is 19.1. The molecule has 0 radical (unpaired) electrons. The van der Waals surface area contributed by atoms with Gasteiger partial charge < -0.3 is 19.8 Å². The van der Waals surface area contributed by atoms with E-state index in [2.05, 4.69) is 167 Å². The lowest BCUT2D eigenvalue weighted by Crippen LogP contribution is -2.69. The second-order valence-corrected chi connectivity index (χ2v) is 33.0. The van der Waals surface area contributed by atoms with E-state index in [0.717, 1.165) is 178 Å². The summed E-state index contributed by atoms with van der Waals surface area (Å²) in [7, 11) is 0. The molecule has 24 heterocycles. The van der Waals surface area contributed by atoms with Crippen LogP contribution in [0, 0.1) is 41.5 Å². The maximum absolute atomic E-state index is 12.8. The first-order chi connectivity index (χ1) is 59.5. The molecule has 0 amide bonds. The van der Waals surface area contributed by atoms with Gasteiger partial charge in [-0.05, 0) is 181 Å². The third-order valence-corrected chi connectivity index (χ3v) is 23.9. The van der Waals surface area contributed by atoms with Crippen LogP contribution in [0.5, 0.6) is 0 Å². The van der Waals surface area contributed by atoms with Gasteiger partial charge in [0.2, 0.25) is 0 Å². The van der Waals surface area contributed by atoms with Crippen molar-refractivity contribution in [3.63, 3.8) is 0 Å². The Morgan fingerprint density at radius 3 is 1.12 bits per heavy atom. The number of alkyl halides is 1. The van der Waals surface area contributed by atoms with Crippen LogP contribution in [-0.2, 0) is 45.6 Å². The van der Waals surface area contributed by atoms with Gasteiger partial charge in [0.25, 0.3) is 0 Å². The van der Waals surface area contributed by atoms with Crippen molar-refractivity contribution in [2.75, 3.05) is 54.0 Å². The van der Waals surface area contributed by atoms with Crippen molar-refractivity contribution in [2.24, 2.45) is 0 Å². The van der Waals surface area contributed by atoms with E-state index in [4.69, 9.17) is 29.9 Å². The second-order valence-electron chi connectivity index (χ2n) is 33.0. The number of halogens is 1. The first-order valence-corrected chi connectivity index (χ1v) is 41.6. The number of pyridine rings is 6. The van der Waals surface area contributed by atoms with Crippen LogP contribution in [0.4, 0.5) is 21.8 Å². The number of nitrogens with zero attached hydrogens (tertiary/aromatic N) is 27. The smallest absolute Gasteiger partial charge is 0.161 e.